The highest BCUT2D eigenvalue weighted by atomic mass is 16.5. The van der Waals surface area contributed by atoms with Gasteiger partial charge in [0.25, 0.3) is 0 Å². The monoisotopic (exact) mass is 228 g/mol. The van der Waals surface area contributed by atoms with Crippen LogP contribution in [0.3, 0.4) is 0 Å². The summed E-state index contributed by atoms with van der Waals surface area (Å²) in [5.41, 5.74) is 0. The Morgan fingerprint density at radius 3 is 2.88 bits per heavy atom. The maximum Gasteiger partial charge on any atom is 0.248 e. The number of ether oxygens (including phenoxy) is 1. The molecule has 4 nitrogen and oxygen atoms in total. The van der Waals surface area contributed by atoms with E-state index in [0.717, 1.165) is 32.5 Å². The first-order valence-electron chi connectivity index (χ1n) is 6.19. The molecule has 1 amide bonds. The van der Waals surface area contributed by atoms with Gasteiger partial charge in [0.15, 0.2) is 0 Å². The van der Waals surface area contributed by atoms with Crippen molar-refractivity contribution >= 4 is 5.91 Å². The lowest BCUT2D eigenvalue weighted by molar-refractivity contribution is -0.137. The molecule has 0 saturated carbocycles. The third kappa shape index (κ3) is 3.76. The number of carbonyl (C=O) groups is 1. The van der Waals surface area contributed by atoms with Crippen molar-refractivity contribution in [2.24, 2.45) is 5.92 Å². The molecule has 1 aliphatic heterocycles. The van der Waals surface area contributed by atoms with E-state index in [1.807, 2.05) is 4.90 Å². The predicted molar refractivity (Wildman–Crippen MR) is 64.3 cm³/mol. The molecule has 0 aromatic heterocycles. The number of hydrogen-bond donors (Lipinski definition) is 1. The number of amides is 1. The molecule has 1 saturated heterocycles. The lowest BCUT2D eigenvalue weighted by Crippen LogP contribution is -2.51. The molecule has 1 N–H and O–H groups in total. The van der Waals surface area contributed by atoms with Crippen LogP contribution in [-0.2, 0) is 9.53 Å². The Labute approximate surface area is 98.3 Å². The van der Waals surface area contributed by atoms with Gasteiger partial charge in [-0.1, -0.05) is 13.8 Å². The Kier molecular flexibility index (Phi) is 5.77. The fourth-order valence-corrected chi connectivity index (χ4v) is 2.22. The van der Waals surface area contributed by atoms with Gasteiger partial charge in [-0.25, -0.2) is 0 Å². The Morgan fingerprint density at radius 1 is 1.56 bits per heavy atom. The van der Waals surface area contributed by atoms with Gasteiger partial charge in [-0.3, -0.25) is 4.79 Å². The Bertz CT molecular complexity index is 221. The lowest BCUT2D eigenvalue weighted by atomic mass is 9.93. The molecule has 1 aliphatic rings. The van der Waals surface area contributed by atoms with E-state index in [1.165, 1.54) is 0 Å². The van der Waals surface area contributed by atoms with Crippen LogP contribution in [0.5, 0.6) is 0 Å². The van der Waals surface area contributed by atoms with Gasteiger partial charge in [0.05, 0.1) is 0 Å². The number of carbonyl (C=O) groups excluding carboxylic acids is 1. The van der Waals surface area contributed by atoms with E-state index < -0.39 is 0 Å². The van der Waals surface area contributed by atoms with Crippen molar-refractivity contribution in [3.05, 3.63) is 0 Å². The fourth-order valence-electron chi connectivity index (χ4n) is 2.22. The predicted octanol–water partition coefficient (Wildman–Crippen LogP) is 0.869. The first kappa shape index (κ1) is 13.5. The number of methoxy groups -OCH3 is 1. The third-order valence-corrected chi connectivity index (χ3v) is 3.18. The maximum atomic E-state index is 11.6. The summed E-state index contributed by atoms with van der Waals surface area (Å²) in [6.45, 7) is 7.37. The van der Waals surface area contributed by atoms with Crippen LogP contribution in [0.4, 0.5) is 0 Å². The zero-order chi connectivity index (χ0) is 12.0. The summed E-state index contributed by atoms with van der Waals surface area (Å²) in [6, 6.07) is 0.562. The number of rotatable bonds is 5. The highest BCUT2D eigenvalue weighted by Crippen LogP contribution is 2.16. The molecule has 16 heavy (non-hydrogen) atoms. The van der Waals surface area contributed by atoms with Gasteiger partial charge in [-0.2, -0.15) is 0 Å². The molecule has 0 spiro atoms. The van der Waals surface area contributed by atoms with E-state index >= 15 is 0 Å². The van der Waals surface area contributed by atoms with Crippen molar-refractivity contribution in [3.8, 4) is 0 Å². The molecular weight excluding hydrogens is 204 g/mol. The van der Waals surface area contributed by atoms with Crippen LogP contribution in [0.1, 0.15) is 26.7 Å². The highest BCUT2D eigenvalue weighted by Gasteiger charge is 2.27. The fraction of sp³-hybridized carbons (Fsp3) is 0.917. The second kappa shape index (κ2) is 6.86. The van der Waals surface area contributed by atoms with Gasteiger partial charge >= 0.3 is 0 Å². The minimum Gasteiger partial charge on any atom is -0.375 e. The molecule has 0 aliphatic carbocycles. The first-order chi connectivity index (χ1) is 7.69. The third-order valence-electron chi connectivity index (χ3n) is 3.18. The molecular formula is C12H24N2O2. The number of nitrogens with zero attached hydrogens (tertiary/aromatic N) is 1. The van der Waals surface area contributed by atoms with Crippen molar-refractivity contribution in [2.45, 2.75) is 32.7 Å². The second-order valence-corrected chi connectivity index (χ2v) is 4.60. The van der Waals surface area contributed by atoms with E-state index in [-0.39, 0.29) is 12.5 Å². The molecule has 2 atom stereocenters. The molecule has 1 fully saturated rings. The molecule has 0 bridgehead atoms. The van der Waals surface area contributed by atoms with Crippen LogP contribution >= 0.6 is 0 Å². The average molecular weight is 228 g/mol. The van der Waals surface area contributed by atoms with Gasteiger partial charge < -0.3 is 15.0 Å². The van der Waals surface area contributed by atoms with Crippen LogP contribution in [0.15, 0.2) is 0 Å². The zero-order valence-electron chi connectivity index (χ0n) is 10.7. The summed E-state index contributed by atoms with van der Waals surface area (Å²) in [7, 11) is 1.57. The smallest absolute Gasteiger partial charge is 0.248 e. The van der Waals surface area contributed by atoms with Gasteiger partial charge in [0.2, 0.25) is 5.91 Å². The highest BCUT2D eigenvalue weighted by molar-refractivity contribution is 5.77. The van der Waals surface area contributed by atoms with Crippen molar-refractivity contribution in [3.63, 3.8) is 0 Å². The van der Waals surface area contributed by atoms with E-state index in [0.29, 0.717) is 12.0 Å². The average Bonchev–Trinajstić information content (AvgIpc) is 2.27. The summed E-state index contributed by atoms with van der Waals surface area (Å²) < 4.78 is 4.88. The van der Waals surface area contributed by atoms with Crippen LogP contribution in [0, 0.1) is 5.92 Å². The number of hydrogen-bond acceptors (Lipinski definition) is 3. The standard InChI is InChI=1S/C12H24N2O2/c1-4-6-13-11-5-7-14(8-10(11)2)12(15)9-16-3/h10-11,13H,4-9H2,1-3H3. The number of piperidine rings is 1. The van der Waals surface area contributed by atoms with Gasteiger partial charge in [-0.05, 0) is 25.3 Å². The molecule has 4 heteroatoms. The minimum absolute atomic E-state index is 0.114. The van der Waals surface area contributed by atoms with Crippen LogP contribution in [0.2, 0.25) is 0 Å². The Morgan fingerprint density at radius 2 is 2.31 bits per heavy atom. The van der Waals surface area contributed by atoms with Crippen molar-refractivity contribution < 1.29 is 9.53 Å². The van der Waals surface area contributed by atoms with Crippen molar-refractivity contribution in [2.75, 3.05) is 33.4 Å². The summed E-state index contributed by atoms with van der Waals surface area (Å²) >= 11 is 0. The molecule has 2 unspecified atom stereocenters. The first-order valence-corrected chi connectivity index (χ1v) is 6.19. The maximum absolute atomic E-state index is 11.6. The van der Waals surface area contributed by atoms with Crippen LogP contribution < -0.4 is 5.32 Å². The Hall–Kier alpha value is -0.610. The van der Waals surface area contributed by atoms with E-state index in [1.54, 1.807) is 7.11 Å². The molecule has 1 rings (SSSR count). The van der Waals surface area contributed by atoms with E-state index in [9.17, 15) is 4.79 Å². The largest absolute Gasteiger partial charge is 0.375 e. The van der Waals surface area contributed by atoms with Crippen molar-refractivity contribution in [1.29, 1.82) is 0 Å². The minimum atomic E-state index is 0.114. The molecule has 94 valence electrons. The lowest BCUT2D eigenvalue weighted by Gasteiger charge is -2.37. The van der Waals surface area contributed by atoms with Crippen LogP contribution in [-0.4, -0.2) is 50.2 Å². The molecule has 1 heterocycles. The topological polar surface area (TPSA) is 41.6 Å². The summed E-state index contributed by atoms with van der Waals surface area (Å²) in [6.07, 6.45) is 2.21. The van der Waals surface area contributed by atoms with Crippen LogP contribution in [0.25, 0.3) is 0 Å². The zero-order valence-corrected chi connectivity index (χ0v) is 10.7. The second-order valence-electron chi connectivity index (χ2n) is 4.60. The molecule has 0 aromatic rings. The number of nitrogens with one attached hydrogen (secondary N) is 1. The quantitative estimate of drug-likeness (QED) is 0.759. The molecule has 0 aromatic carbocycles. The van der Waals surface area contributed by atoms with Crippen molar-refractivity contribution in [1.82, 2.24) is 10.2 Å². The van der Waals surface area contributed by atoms with Gasteiger partial charge in [-0.15, -0.1) is 0 Å². The Balaban J connectivity index is 2.35. The van der Waals surface area contributed by atoms with Gasteiger partial charge in [0.1, 0.15) is 6.61 Å². The summed E-state index contributed by atoms with van der Waals surface area (Å²) in [4.78, 5) is 13.6. The normalized spacial score (nSPS) is 25.8. The summed E-state index contributed by atoms with van der Waals surface area (Å²) in [5.74, 6) is 0.643. The number of likely N-dealkylation sites (tertiary alicyclic amines) is 1. The van der Waals surface area contributed by atoms with Gasteiger partial charge in [0, 0.05) is 26.2 Å². The van der Waals surface area contributed by atoms with E-state index in [4.69, 9.17) is 4.74 Å². The SMILES string of the molecule is CCCNC1CCN(C(=O)COC)CC1C. The summed E-state index contributed by atoms with van der Waals surface area (Å²) in [5, 5.41) is 3.54. The van der Waals surface area contributed by atoms with E-state index in [2.05, 4.69) is 19.2 Å². The molecule has 0 radical (unpaired) electrons.